The van der Waals surface area contributed by atoms with Crippen molar-refractivity contribution in [2.45, 2.75) is 13.8 Å². The van der Waals surface area contributed by atoms with Gasteiger partial charge in [-0.05, 0) is 19.4 Å². The number of halogens is 1. The van der Waals surface area contributed by atoms with Crippen LogP contribution in [0.2, 0.25) is 0 Å². The molecule has 0 spiro atoms. The maximum absolute atomic E-state index is 13.3. The second kappa shape index (κ2) is 6.49. The van der Waals surface area contributed by atoms with E-state index >= 15 is 0 Å². The first-order chi connectivity index (χ1) is 8.15. The fourth-order valence-electron chi connectivity index (χ4n) is 1.24. The number of allylic oxidation sites excluding steroid dienone is 2. The van der Waals surface area contributed by atoms with Crippen molar-refractivity contribution in [2.75, 3.05) is 6.61 Å². The molecular formula is C14H13FO2. The Labute approximate surface area is 100 Å². The molecule has 0 aliphatic rings. The zero-order valence-electron chi connectivity index (χ0n) is 9.79. The number of rotatable bonds is 2. The predicted octanol–water partition coefficient (Wildman–Crippen LogP) is 2.95. The molecule has 0 bridgehead atoms. The van der Waals surface area contributed by atoms with Gasteiger partial charge in [0.15, 0.2) is 0 Å². The molecule has 0 aliphatic carbocycles. The van der Waals surface area contributed by atoms with E-state index < -0.39 is 11.8 Å². The van der Waals surface area contributed by atoms with Gasteiger partial charge in [0, 0.05) is 5.92 Å². The molecule has 0 radical (unpaired) electrons. The zero-order chi connectivity index (χ0) is 12.7. The number of carbonyl (C=O) groups is 1. The number of ether oxygens (including phenoxy) is 1. The monoisotopic (exact) mass is 232 g/mol. The Bertz CT molecular complexity index is 474. The largest absolute Gasteiger partial charge is 0.456 e. The summed E-state index contributed by atoms with van der Waals surface area (Å²) in [6.07, 6.45) is 0. The Morgan fingerprint density at radius 3 is 2.47 bits per heavy atom. The van der Waals surface area contributed by atoms with Crippen molar-refractivity contribution in [3.63, 3.8) is 0 Å². The van der Waals surface area contributed by atoms with E-state index in [1.807, 2.05) is 6.07 Å². The van der Waals surface area contributed by atoms with Crippen molar-refractivity contribution in [2.24, 2.45) is 0 Å². The molecule has 0 heterocycles. The molecular weight excluding hydrogens is 219 g/mol. The molecule has 2 nitrogen and oxygen atoms in total. The Kier molecular flexibility index (Phi) is 4.96. The van der Waals surface area contributed by atoms with Gasteiger partial charge in [-0.1, -0.05) is 36.3 Å². The van der Waals surface area contributed by atoms with Crippen LogP contribution in [0.3, 0.4) is 0 Å². The summed E-state index contributed by atoms with van der Waals surface area (Å²) in [5.41, 5.74) is 0.850. The molecule has 0 saturated carbocycles. The molecule has 0 unspecified atom stereocenters. The third-order valence-corrected chi connectivity index (χ3v) is 1.97. The van der Waals surface area contributed by atoms with Crippen LogP contribution in [0.5, 0.6) is 0 Å². The smallest absolute Gasteiger partial charge is 0.384 e. The van der Waals surface area contributed by atoms with Gasteiger partial charge < -0.3 is 4.74 Å². The molecule has 0 atom stereocenters. The first kappa shape index (κ1) is 13.0. The quantitative estimate of drug-likeness (QED) is 0.445. The molecule has 0 amide bonds. The number of carbonyl (C=O) groups excluding carboxylic acids is 1. The highest BCUT2D eigenvalue weighted by atomic mass is 19.1. The van der Waals surface area contributed by atoms with Crippen LogP contribution in [0.1, 0.15) is 19.4 Å². The normalized spacial score (nSPS) is 11.0. The van der Waals surface area contributed by atoms with Crippen molar-refractivity contribution in [3.8, 4) is 11.8 Å². The first-order valence-corrected chi connectivity index (χ1v) is 5.25. The highest BCUT2D eigenvalue weighted by Gasteiger charge is 2.03. The molecule has 1 aromatic carbocycles. The van der Waals surface area contributed by atoms with Crippen LogP contribution in [-0.4, -0.2) is 12.6 Å². The lowest BCUT2D eigenvalue weighted by Gasteiger charge is -1.99. The van der Waals surface area contributed by atoms with E-state index in [1.54, 1.807) is 31.2 Å². The van der Waals surface area contributed by atoms with Gasteiger partial charge in [-0.15, -0.1) is 0 Å². The minimum absolute atomic E-state index is 0.207. The molecule has 88 valence electrons. The molecule has 1 rings (SSSR count). The van der Waals surface area contributed by atoms with Crippen molar-refractivity contribution in [3.05, 3.63) is 41.7 Å². The van der Waals surface area contributed by atoms with Gasteiger partial charge in [-0.2, -0.15) is 0 Å². The summed E-state index contributed by atoms with van der Waals surface area (Å²) in [5.74, 6) is 3.68. The van der Waals surface area contributed by atoms with Gasteiger partial charge in [0.2, 0.25) is 0 Å². The second-order valence-electron chi connectivity index (χ2n) is 3.24. The molecule has 17 heavy (non-hydrogen) atoms. The highest BCUT2D eigenvalue weighted by molar-refractivity contribution is 5.93. The molecule has 0 fully saturated rings. The minimum atomic E-state index is -0.651. The lowest BCUT2D eigenvalue weighted by molar-refractivity contribution is -0.136. The number of esters is 1. The van der Waals surface area contributed by atoms with Crippen LogP contribution in [0.4, 0.5) is 4.39 Å². The summed E-state index contributed by atoms with van der Waals surface area (Å²) < 4.78 is 18.0. The fourth-order valence-corrected chi connectivity index (χ4v) is 1.24. The average molecular weight is 232 g/mol. The molecule has 0 saturated heterocycles. The minimum Gasteiger partial charge on any atom is -0.456 e. The number of benzene rings is 1. The lowest BCUT2D eigenvalue weighted by Crippen LogP contribution is -1.99. The predicted molar refractivity (Wildman–Crippen MR) is 64.6 cm³/mol. The summed E-state index contributed by atoms with van der Waals surface area (Å²) in [5, 5.41) is 0. The Morgan fingerprint density at radius 2 is 1.94 bits per heavy atom. The lowest BCUT2D eigenvalue weighted by atomic mass is 10.1. The summed E-state index contributed by atoms with van der Waals surface area (Å²) >= 11 is 0. The van der Waals surface area contributed by atoms with Gasteiger partial charge in [0.1, 0.15) is 5.83 Å². The van der Waals surface area contributed by atoms with E-state index in [-0.39, 0.29) is 12.2 Å². The van der Waals surface area contributed by atoms with Gasteiger partial charge in [0.25, 0.3) is 0 Å². The zero-order valence-corrected chi connectivity index (χ0v) is 9.79. The van der Waals surface area contributed by atoms with E-state index in [1.165, 1.54) is 6.92 Å². The summed E-state index contributed by atoms with van der Waals surface area (Å²) in [6, 6.07) is 8.86. The van der Waals surface area contributed by atoms with Gasteiger partial charge in [0.05, 0.1) is 12.2 Å². The third-order valence-electron chi connectivity index (χ3n) is 1.97. The summed E-state index contributed by atoms with van der Waals surface area (Å²) in [4.78, 5) is 11.1. The van der Waals surface area contributed by atoms with Gasteiger partial charge in [-0.25, -0.2) is 9.18 Å². The topological polar surface area (TPSA) is 26.3 Å². The maximum atomic E-state index is 13.3. The first-order valence-electron chi connectivity index (χ1n) is 5.25. The second-order valence-corrected chi connectivity index (χ2v) is 3.24. The fraction of sp³-hybridized carbons (Fsp3) is 0.214. The van der Waals surface area contributed by atoms with Crippen LogP contribution >= 0.6 is 0 Å². The van der Waals surface area contributed by atoms with Crippen LogP contribution in [0, 0.1) is 11.8 Å². The van der Waals surface area contributed by atoms with Gasteiger partial charge >= 0.3 is 5.97 Å². The highest BCUT2D eigenvalue weighted by Crippen LogP contribution is 2.18. The Balaban J connectivity index is 2.99. The number of hydrogen-bond acceptors (Lipinski definition) is 2. The van der Waals surface area contributed by atoms with Crippen LogP contribution in [-0.2, 0) is 9.53 Å². The summed E-state index contributed by atoms with van der Waals surface area (Å²) in [6.45, 7) is 3.25. The molecule has 0 aliphatic heterocycles. The van der Waals surface area contributed by atoms with Crippen LogP contribution in [0.15, 0.2) is 36.2 Å². The van der Waals surface area contributed by atoms with E-state index in [0.29, 0.717) is 5.56 Å². The average Bonchev–Trinajstić information content (AvgIpc) is 2.30. The molecule has 3 heteroatoms. The summed E-state index contributed by atoms with van der Waals surface area (Å²) in [7, 11) is 0. The van der Waals surface area contributed by atoms with Crippen molar-refractivity contribution in [1.29, 1.82) is 0 Å². The molecule has 0 N–H and O–H groups in total. The van der Waals surface area contributed by atoms with Crippen LogP contribution in [0.25, 0.3) is 5.57 Å². The van der Waals surface area contributed by atoms with Crippen LogP contribution < -0.4 is 0 Å². The standard InChI is InChI=1S/C14H13FO2/c1-3-17-14(16)10-9-13(11(2)15)12-7-5-4-6-8-12/h4-8H,3H2,1-2H3/b13-11+. The number of hydrogen-bond donors (Lipinski definition) is 0. The van der Waals surface area contributed by atoms with Crippen molar-refractivity contribution in [1.82, 2.24) is 0 Å². The van der Waals surface area contributed by atoms with E-state index in [2.05, 4.69) is 16.6 Å². The third kappa shape index (κ3) is 4.12. The van der Waals surface area contributed by atoms with Crippen molar-refractivity contribution >= 4 is 11.5 Å². The maximum Gasteiger partial charge on any atom is 0.384 e. The van der Waals surface area contributed by atoms with E-state index in [4.69, 9.17) is 0 Å². The van der Waals surface area contributed by atoms with E-state index in [9.17, 15) is 9.18 Å². The van der Waals surface area contributed by atoms with Gasteiger partial charge in [-0.3, -0.25) is 0 Å². The molecule has 1 aromatic rings. The molecule has 0 aromatic heterocycles. The Morgan fingerprint density at radius 1 is 1.29 bits per heavy atom. The SMILES string of the molecule is CCOC(=O)C#C/C(=C(/C)F)c1ccccc1. The van der Waals surface area contributed by atoms with E-state index in [0.717, 1.165) is 0 Å². The Hall–Kier alpha value is -2.08. The van der Waals surface area contributed by atoms with Crippen molar-refractivity contribution < 1.29 is 13.9 Å².